The van der Waals surface area contributed by atoms with Crippen molar-refractivity contribution < 1.29 is 23.8 Å². The van der Waals surface area contributed by atoms with Gasteiger partial charge in [0, 0.05) is 17.2 Å². The summed E-state index contributed by atoms with van der Waals surface area (Å²) in [4.78, 5) is 17.1. The van der Waals surface area contributed by atoms with Gasteiger partial charge in [-0.2, -0.15) is 0 Å². The van der Waals surface area contributed by atoms with Crippen molar-refractivity contribution in [1.29, 1.82) is 0 Å². The van der Waals surface area contributed by atoms with Crippen LogP contribution in [0.5, 0.6) is 5.75 Å². The van der Waals surface area contributed by atoms with Gasteiger partial charge in [-0.1, -0.05) is 37.0 Å². The molecule has 0 radical (unpaired) electrons. The van der Waals surface area contributed by atoms with Gasteiger partial charge in [-0.25, -0.2) is 4.79 Å². The van der Waals surface area contributed by atoms with Crippen LogP contribution in [0.25, 0.3) is 0 Å². The Hall–Kier alpha value is -1.79. The summed E-state index contributed by atoms with van der Waals surface area (Å²) in [6.07, 6.45) is 1.50. The molecule has 7 heteroatoms. The SMILES string of the molecule is CCCCOC1CON=C1c1cc(Cl)ccc1OC(CC)C(=O)OC. The molecule has 0 spiro atoms. The fraction of sp³-hybridized carbons (Fsp3) is 0.556. The molecule has 25 heavy (non-hydrogen) atoms. The topological polar surface area (TPSA) is 66.3 Å². The number of hydrogen-bond donors (Lipinski definition) is 0. The van der Waals surface area contributed by atoms with E-state index in [1.807, 2.05) is 6.92 Å². The average Bonchev–Trinajstić information content (AvgIpc) is 3.08. The van der Waals surface area contributed by atoms with Crippen LogP contribution in [0.4, 0.5) is 0 Å². The molecule has 1 aliphatic rings. The van der Waals surface area contributed by atoms with E-state index in [0.29, 0.717) is 41.7 Å². The first-order valence-electron chi connectivity index (χ1n) is 8.46. The van der Waals surface area contributed by atoms with Gasteiger partial charge < -0.3 is 19.0 Å². The van der Waals surface area contributed by atoms with E-state index in [4.69, 9.17) is 30.6 Å². The lowest BCUT2D eigenvalue weighted by atomic mass is 10.0. The number of benzene rings is 1. The number of esters is 1. The minimum absolute atomic E-state index is 0.287. The van der Waals surface area contributed by atoms with Crippen molar-refractivity contribution in [2.75, 3.05) is 20.3 Å². The molecule has 2 unspecified atom stereocenters. The van der Waals surface area contributed by atoms with Gasteiger partial charge in [0.25, 0.3) is 0 Å². The number of unbranched alkanes of at least 4 members (excludes halogenated alkanes) is 1. The number of ether oxygens (including phenoxy) is 3. The van der Waals surface area contributed by atoms with E-state index in [0.717, 1.165) is 12.8 Å². The summed E-state index contributed by atoms with van der Waals surface area (Å²) in [5.41, 5.74) is 1.28. The summed E-state index contributed by atoms with van der Waals surface area (Å²) in [5.74, 6) is 0.0683. The number of methoxy groups -OCH3 is 1. The van der Waals surface area contributed by atoms with Gasteiger partial charge >= 0.3 is 5.97 Å². The summed E-state index contributed by atoms with van der Waals surface area (Å²) in [7, 11) is 1.34. The van der Waals surface area contributed by atoms with E-state index in [1.54, 1.807) is 18.2 Å². The summed E-state index contributed by atoms with van der Waals surface area (Å²) < 4.78 is 16.5. The van der Waals surface area contributed by atoms with Gasteiger partial charge in [-0.3, -0.25) is 0 Å². The highest BCUT2D eigenvalue weighted by Crippen LogP contribution is 2.28. The lowest BCUT2D eigenvalue weighted by Crippen LogP contribution is -2.30. The van der Waals surface area contributed by atoms with Crippen molar-refractivity contribution in [3.05, 3.63) is 28.8 Å². The van der Waals surface area contributed by atoms with Gasteiger partial charge in [0.15, 0.2) is 6.10 Å². The van der Waals surface area contributed by atoms with Crippen LogP contribution in [0, 0.1) is 0 Å². The summed E-state index contributed by atoms with van der Waals surface area (Å²) in [6.45, 7) is 4.92. The molecule has 2 rings (SSSR count). The molecule has 0 aliphatic carbocycles. The fourth-order valence-electron chi connectivity index (χ4n) is 2.42. The van der Waals surface area contributed by atoms with Crippen LogP contribution < -0.4 is 4.74 Å². The molecule has 0 bridgehead atoms. The average molecular weight is 370 g/mol. The molecule has 1 aliphatic heterocycles. The van der Waals surface area contributed by atoms with Crippen LogP contribution in [-0.4, -0.2) is 44.2 Å². The normalized spacial score (nSPS) is 17.6. The Labute approximate surface area is 153 Å². The molecule has 0 aromatic heterocycles. The summed E-state index contributed by atoms with van der Waals surface area (Å²) in [6, 6.07) is 5.16. The predicted octanol–water partition coefficient (Wildman–Crippen LogP) is 3.59. The lowest BCUT2D eigenvalue weighted by Gasteiger charge is -2.19. The minimum atomic E-state index is -0.702. The van der Waals surface area contributed by atoms with Crippen LogP contribution in [0.3, 0.4) is 0 Å². The molecule has 1 aromatic carbocycles. The predicted molar refractivity (Wildman–Crippen MR) is 95.3 cm³/mol. The summed E-state index contributed by atoms with van der Waals surface area (Å²) >= 11 is 6.15. The van der Waals surface area contributed by atoms with Crippen molar-refractivity contribution in [2.24, 2.45) is 5.16 Å². The number of nitrogens with zero attached hydrogens (tertiary/aromatic N) is 1. The van der Waals surface area contributed by atoms with Crippen LogP contribution >= 0.6 is 11.6 Å². The number of carbonyl (C=O) groups excluding carboxylic acids is 1. The number of carbonyl (C=O) groups is 1. The molecule has 0 N–H and O–H groups in total. The zero-order valence-corrected chi connectivity index (χ0v) is 15.5. The van der Waals surface area contributed by atoms with Crippen LogP contribution in [-0.2, 0) is 19.1 Å². The number of hydrogen-bond acceptors (Lipinski definition) is 6. The summed E-state index contributed by atoms with van der Waals surface area (Å²) in [5, 5.41) is 4.64. The molecule has 1 heterocycles. The maximum atomic E-state index is 11.8. The quantitative estimate of drug-likeness (QED) is 0.491. The highest BCUT2D eigenvalue weighted by Gasteiger charge is 2.29. The molecule has 2 atom stereocenters. The second-order valence-corrected chi connectivity index (χ2v) is 6.10. The van der Waals surface area contributed by atoms with Crippen molar-refractivity contribution in [2.45, 2.75) is 45.3 Å². The molecule has 0 fully saturated rings. The number of halogens is 1. The van der Waals surface area contributed by atoms with E-state index >= 15 is 0 Å². The van der Waals surface area contributed by atoms with Gasteiger partial charge in [0.05, 0.1) is 7.11 Å². The zero-order valence-electron chi connectivity index (χ0n) is 14.8. The Morgan fingerprint density at radius 3 is 2.92 bits per heavy atom. The molecule has 138 valence electrons. The maximum absolute atomic E-state index is 11.8. The Kier molecular flexibility index (Phi) is 7.52. The van der Waals surface area contributed by atoms with Gasteiger partial charge in [0.1, 0.15) is 24.2 Å². The first-order chi connectivity index (χ1) is 12.1. The lowest BCUT2D eigenvalue weighted by molar-refractivity contribution is -0.148. The Bertz CT molecular complexity index is 619. The van der Waals surface area contributed by atoms with E-state index in [2.05, 4.69) is 12.1 Å². The zero-order chi connectivity index (χ0) is 18.2. The second-order valence-electron chi connectivity index (χ2n) is 5.66. The standard InChI is InChI=1S/C18H24ClNO5/c1-4-6-9-23-16-11-24-20-17(16)13-10-12(19)7-8-15(13)25-14(5-2)18(21)22-3/h7-8,10,14,16H,4-6,9,11H2,1-3H3. The van der Waals surface area contributed by atoms with Crippen molar-refractivity contribution in [3.63, 3.8) is 0 Å². The molecule has 0 saturated carbocycles. The van der Waals surface area contributed by atoms with Gasteiger partial charge in [-0.05, 0) is 31.0 Å². The van der Waals surface area contributed by atoms with Crippen molar-refractivity contribution >= 4 is 23.3 Å². The number of rotatable bonds is 9. The van der Waals surface area contributed by atoms with Crippen LogP contribution in [0.15, 0.2) is 23.4 Å². The Balaban J connectivity index is 2.24. The third-order valence-corrected chi connectivity index (χ3v) is 4.07. The number of oxime groups is 1. The first kappa shape index (κ1) is 19.5. The highest BCUT2D eigenvalue weighted by molar-refractivity contribution is 6.31. The van der Waals surface area contributed by atoms with E-state index < -0.39 is 12.1 Å². The third-order valence-electron chi connectivity index (χ3n) is 3.83. The van der Waals surface area contributed by atoms with Crippen molar-refractivity contribution in [1.82, 2.24) is 0 Å². The molecular weight excluding hydrogens is 346 g/mol. The Morgan fingerprint density at radius 2 is 2.24 bits per heavy atom. The molecular formula is C18H24ClNO5. The highest BCUT2D eigenvalue weighted by atomic mass is 35.5. The second kappa shape index (κ2) is 9.63. The monoisotopic (exact) mass is 369 g/mol. The minimum Gasteiger partial charge on any atom is -0.478 e. The third kappa shape index (κ3) is 5.09. The molecule has 1 aromatic rings. The van der Waals surface area contributed by atoms with Crippen LogP contribution in [0.1, 0.15) is 38.7 Å². The van der Waals surface area contributed by atoms with E-state index in [9.17, 15) is 4.79 Å². The molecule has 0 amide bonds. The smallest absolute Gasteiger partial charge is 0.347 e. The first-order valence-corrected chi connectivity index (χ1v) is 8.84. The van der Waals surface area contributed by atoms with Gasteiger partial charge in [0.2, 0.25) is 0 Å². The van der Waals surface area contributed by atoms with Crippen LogP contribution in [0.2, 0.25) is 5.02 Å². The maximum Gasteiger partial charge on any atom is 0.347 e. The van der Waals surface area contributed by atoms with Crippen molar-refractivity contribution in [3.8, 4) is 5.75 Å². The van der Waals surface area contributed by atoms with E-state index in [-0.39, 0.29) is 6.10 Å². The van der Waals surface area contributed by atoms with Gasteiger partial charge in [-0.15, -0.1) is 0 Å². The molecule has 0 saturated heterocycles. The Morgan fingerprint density at radius 1 is 1.44 bits per heavy atom. The molecule has 6 nitrogen and oxygen atoms in total. The largest absolute Gasteiger partial charge is 0.478 e. The fourth-order valence-corrected chi connectivity index (χ4v) is 2.59. The van der Waals surface area contributed by atoms with E-state index in [1.165, 1.54) is 7.11 Å².